The first-order chi connectivity index (χ1) is 14.0. The Morgan fingerprint density at radius 1 is 1.10 bits per heavy atom. The Morgan fingerprint density at radius 2 is 1.77 bits per heavy atom. The molecule has 3 aromatic rings. The first-order valence-electron chi connectivity index (χ1n) is 9.89. The van der Waals surface area contributed by atoms with E-state index >= 15 is 0 Å². The van der Waals surface area contributed by atoms with E-state index in [2.05, 4.69) is 24.1 Å². The van der Waals surface area contributed by atoms with Gasteiger partial charge in [0.1, 0.15) is 6.10 Å². The predicted octanol–water partition coefficient (Wildman–Crippen LogP) is 5.71. The molecule has 1 fully saturated rings. The van der Waals surface area contributed by atoms with E-state index in [-0.39, 0.29) is 30.3 Å². The number of halogens is 3. The first kappa shape index (κ1) is 22.4. The van der Waals surface area contributed by atoms with Crippen molar-refractivity contribution in [3.8, 4) is 5.75 Å². The largest absolute Gasteiger partial charge is 0.487 e. The van der Waals surface area contributed by atoms with E-state index in [1.54, 1.807) is 12.1 Å². The SMILES string of the molecule is CC(C)Nc1nc2ccccc2nc1N1CCC(Oc2ccc(Cl)cc2F)CC1.Cl. The van der Waals surface area contributed by atoms with Crippen LogP contribution in [-0.2, 0) is 0 Å². The number of para-hydroxylation sites is 2. The third-order valence-electron chi connectivity index (χ3n) is 4.91. The summed E-state index contributed by atoms with van der Waals surface area (Å²) >= 11 is 5.82. The number of piperidine rings is 1. The Morgan fingerprint density at radius 3 is 2.40 bits per heavy atom. The van der Waals surface area contributed by atoms with Crippen molar-refractivity contribution < 1.29 is 9.13 Å². The Hall–Kier alpha value is -2.31. The number of fused-ring (bicyclic) bond motifs is 1. The molecular weight excluding hydrogens is 426 g/mol. The molecule has 1 saturated heterocycles. The molecule has 1 N–H and O–H groups in total. The zero-order valence-electron chi connectivity index (χ0n) is 16.9. The van der Waals surface area contributed by atoms with Crippen molar-refractivity contribution in [1.82, 2.24) is 9.97 Å². The molecule has 160 valence electrons. The van der Waals surface area contributed by atoms with Crippen LogP contribution >= 0.6 is 24.0 Å². The van der Waals surface area contributed by atoms with E-state index in [1.165, 1.54) is 6.07 Å². The molecule has 2 aromatic carbocycles. The third kappa shape index (κ3) is 5.05. The molecule has 0 unspecified atom stereocenters. The fourth-order valence-electron chi connectivity index (χ4n) is 3.52. The van der Waals surface area contributed by atoms with Crippen molar-refractivity contribution >= 4 is 46.7 Å². The molecule has 0 atom stereocenters. The van der Waals surface area contributed by atoms with Crippen LogP contribution in [0.5, 0.6) is 5.75 Å². The second kappa shape index (κ2) is 9.67. The second-order valence-electron chi connectivity index (χ2n) is 7.56. The van der Waals surface area contributed by atoms with Gasteiger partial charge < -0.3 is 15.0 Å². The fraction of sp³-hybridized carbons (Fsp3) is 0.364. The van der Waals surface area contributed by atoms with Crippen LogP contribution in [0.2, 0.25) is 5.02 Å². The lowest BCUT2D eigenvalue weighted by atomic mass is 10.1. The molecule has 4 rings (SSSR count). The number of aromatic nitrogens is 2. The summed E-state index contributed by atoms with van der Waals surface area (Å²) in [6.07, 6.45) is 1.51. The van der Waals surface area contributed by atoms with Gasteiger partial charge in [-0.1, -0.05) is 23.7 Å². The van der Waals surface area contributed by atoms with Crippen molar-refractivity contribution in [2.75, 3.05) is 23.3 Å². The van der Waals surface area contributed by atoms with E-state index in [4.69, 9.17) is 26.3 Å². The monoisotopic (exact) mass is 450 g/mol. The molecule has 0 amide bonds. The smallest absolute Gasteiger partial charge is 0.172 e. The molecule has 2 heterocycles. The lowest BCUT2D eigenvalue weighted by molar-refractivity contribution is 0.163. The van der Waals surface area contributed by atoms with Gasteiger partial charge in [0.25, 0.3) is 0 Å². The zero-order valence-corrected chi connectivity index (χ0v) is 18.5. The molecule has 1 aromatic heterocycles. The average Bonchev–Trinajstić information content (AvgIpc) is 2.70. The Bertz CT molecular complexity index is 1010. The molecule has 0 bridgehead atoms. The van der Waals surface area contributed by atoms with Crippen LogP contribution in [0, 0.1) is 5.82 Å². The number of benzene rings is 2. The van der Waals surface area contributed by atoms with Crippen molar-refractivity contribution in [3.05, 3.63) is 53.3 Å². The summed E-state index contributed by atoms with van der Waals surface area (Å²) in [5, 5.41) is 3.78. The minimum atomic E-state index is -0.427. The highest BCUT2D eigenvalue weighted by Crippen LogP contribution is 2.30. The van der Waals surface area contributed by atoms with E-state index in [0.29, 0.717) is 5.02 Å². The molecule has 5 nitrogen and oxygen atoms in total. The van der Waals surface area contributed by atoms with E-state index in [0.717, 1.165) is 48.6 Å². The third-order valence-corrected chi connectivity index (χ3v) is 5.14. The van der Waals surface area contributed by atoms with Crippen LogP contribution < -0.4 is 15.0 Å². The summed E-state index contributed by atoms with van der Waals surface area (Å²) in [4.78, 5) is 11.9. The van der Waals surface area contributed by atoms with Crippen LogP contribution in [0.25, 0.3) is 11.0 Å². The summed E-state index contributed by atoms with van der Waals surface area (Å²) < 4.78 is 19.9. The minimum Gasteiger partial charge on any atom is -0.487 e. The molecule has 30 heavy (non-hydrogen) atoms. The number of ether oxygens (including phenoxy) is 1. The van der Waals surface area contributed by atoms with Gasteiger partial charge >= 0.3 is 0 Å². The summed E-state index contributed by atoms with van der Waals surface area (Å²) in [5.41, 5.74) is 1.74. The van der Waals surface area contributed by atoms with Crippen molar-refractivity contribution in [2.24, 2.45) is 0 Å². The molecule has 8 heteroatoms. The Labute approximate surface area is 187 Å². The second-order valence-corrected chi connectivity index (χ2v) is 8.00. The highest BCUT2D eigenvalue weighted by Gasteiger charge is 2.25. The fourth-order valence-corrected chi connectivity index (χ4v) is 3.68. The minimum absolute atomic E-state index is 0. The van der Waals surface area contributed by atoms with Gasteiger partial charge in [0.2, 0.25) is 0 Å². The Kier molecular flexibility index (Phi) is 7.21. The Balaban J connectivity index is 0.00000256. The maximum absolute atomic E-state index is 14.0. The molecule has 0 spiro atoms. The van der Waals surface area contributed by atoms with Gasteiger partial charge in [0, 0.05) is 37.0 Å². The standard InChI is InChI=1S/C22H24ClFN4O.ClH/c1-14(2)25-21-22(27-19-6-4-3-5-18(19)26-21)28-11-9-16(10-12-28)29-20-8-7-15(23)13-17(20)24;/h3-8,13-14,16H,9-12H2,1-2H3,(H,25,26);1H. The summed E-state index contributed by atoms with van der Waals surface area (Å²) in [7, 11) is 0. The van der Waals surface area contributed by atoms with Crippen molar-refractivity contribution in [2.45, 2.75) is 38.8 Å². The number of nitrogens with zero attached hydrogens (tertiary/aromatic N) is 3. The van der Waals surface area contributed by atoms with Gasteiger partial charge in [-0.3, -0.25) is 0 Å². The number of hydrogen-bond acceptors (Lipinski definition) is 5. The van der Waals surface area contributed by atoms with Crippen molar-refractivity contribution in [3.63, 3.8) is 0 Å². The first-order valence-corrected chi connectivity index (χ1v) is 10.3. The molecule has 0 radical (unpaired) electrons. The number of hydrogen-bond donors (Lipinski definition) is 1. The maximum atomic E-state index is 14.0. The molecule has 1 aliphatic heterocycles. The number of anilines is 2. The van der Waals surface area contributed by atoms with Gasteiger partial charge in [0.15, 0.2) is 23.2 Å². The molecule has 0 saturated carbocycles. The van der Waals surface area contributed by atoms with Crippen LogP contribution in [0.1, 0.15) is 26.7 Å². The number of nitrogens with one attached hydrogen (secondary N) is 1. The van der Waals surface area contributed by atoms with Crippen LogP contribution in [-0.4, -0.2) is 35.2 Å². The van der Waals surface area contributed by atoms with Crippen LogP contribution in [0.4, 0.5) is 16.0 Å². The van der Waals surface area contributed by atoms with Gasteiger partial charge in [-0.05, 0) is 44.2 Å². The van der Waals surface area contributed by atoms with Crippen LogP contribution in [0.3, 0.4) is 0 Å². The summed E-state index contributed by atoms with van der Waals surface area (Å²) in [6, 6.07) is 12.6. The van der Waals surface area contributed by atoms with Crippen LogP contribution in [0.15, 0.2) is 42.5 Å². The van der Waals surface area contributed by atoms with E-state index in [1.807, 2.05) is 24.3 Å². The lowest BCUT2D eigenvalue weighted by Gasteiger charge is -2.34. The molecular formula is C22H25Cl2FN4O. The molecule has 1 aliphatic rings. The summed E-state index contributed by atoms with van der Waals surface area (Å²) in [5.74, 6) is 1.47. The van der Waals surface area contributed by atoms with Gasteiger partial charge in [-0.25, -0.2) is 14.4 Å². The topological polar surface area (TPSA) is 50.3 Å². The lowest BCUT2D eigenvalue weighted by Crippen LogP contribution is -2.39. The van der Waals surface area contributed by atoms with Gasteiger partial charge in [-0.15, -0.1) is 12.4 Å². The predicted molar refractivity (Wildman–Crippen MR) is 123 cm³/mol. The normalized spacial score (nSPS) is 14.6. The van der Waals surface area contributed by atoms with Gasteiger partial charge in [-0.2, -0.15) is 0 Å². The quantitative estimate of drug-likeness (QED) is 0.539. The molecule has 0 aliphatic carbocycles. The highest BCUT2D eigenvalue weighted by molar-refractivity contribution is 6.30. The number of rotatable bonds is 5. The van der Waals surface area contributed by atoms with Crippen molar-refractivity contribution in [1.29, 1.82) is 0 Å². The zero-order chi connectivity index (χ0) is 20.4. The van der Waals surface area contributed by atoms with E-state index in [9.17, 15) is 4.39 Å². The van der Waals surface area contributed by atoms with Gasteiger partial charge in [0.05, 0.1) is 11.0 Å². The summed E-state index contributed by atoms with van der Waals surface area (Å²) in [6.45, 7) is 5.70. The highest BCUT2D eigenvalue weighted by atomic mass is 35.5. The van der Waals surface area contributed by atoms with E-state index < -0.39 is 5.82 Å². The maximum Gasteiger partial charge on any atom is 0.172 e. The average molecular weight is 451 g/mol.